The maximum Gasteiger partial charge on any atom is 0.160 e. The number of fused-ring (bicyclic) bond motifs is 1. The first-order valence-corrected chi connectivity index (χ1v) is 7.37. The predicted molar refractivity (Wildman–Crippen MR) is 82.3 cm³/mol. The predicted octanol–water partition coefficient (Wildman–Crippen LogP) is 3.88. The van der Waals surface area contributed by atoms with Crippen molar-refractivity contribution < 1.29 is 4.74 Å². The van der Waals surface area contributed by atoms with Crippen LogP contribution in [-0.4, -0.2) is 28.3 Å². The van der Waals surface area contributed by atoms with Crippen molar-refractivity contribution >= 4 is 22.8 Å². The van der Waals surface area contributed by atoms with Crippen LogP contribution in [0.5, 0.6) is 0 Å². The summed E-state index contributed by atoms with van der Waals surface area (Å²) in [5.74, 6) is 1.26. The fourth-order valence-corrected chi connectivity index (χ4v) is 2.58. The zero-order chi connectivity index (χ0) is 14.9. The van der Waals surface area contributed by atoms with E-state index in [0.29, 0.717) is 12.5 Å². The topological polar surface area (TPSA) is 39.9 Å². The zero-order valence-corrected chi connectivity index (χ0v) is 13.5. The van der Waals surface area contributed by atoms with Gasteiger partial charge < -0.3 is 9.30 Å². The molecule has 2 aromatic rings. The van der Waals surface area contributed by atoms with Crippen molar-refractivity contribution in [2.75, 3.05) is 13.7 Å². The van der Waals surface area contributed by atoms with E-state index in [1.54, 1.807) is 7.11 Å². The Bertz CT molecular complexity index is 592. The second-order valence-electron chi connectivity index (χ2n) is 5.52. The van der Waals surface area contributed by atoms with Gasteiger partial charge in [0.25, 0.3) is 0 Å². The highest BCUT2D eigenvalue weighted by Crippen LogP contribution is 2.30. The Hall–Kier alpha value is -1.13. The fraction of sp³-hybridized carbons (Fsp3) is 0.600. The van der Waals surface area contributed by atoms with Crippen LogP contribution in [0.1, 0.15) is 43.7 Å². The molecule has 110 valence electrons. The van der Waals surface area contributed by atoms with E-state index in [-0.39, 0.29) is 11.4 Å². The van der Waals surface area contributed by atoms with Crippen LogP contribution in [0.3, 0.4) is 0 Å². The molecular weight excluding hydrogens is 274 g/mol. The molecule has 2 atom stereocenters. The molecule has 2 aromatic heterocycles. The van der Waals surface area contributed by atoms with Crippen molar-refractivity contribution in [3.05, 3.63) is 23.7 Å². The molecule has 0 spiro atoms. The Morgan fingerprint density at radius 1 is 1.25 bits per heavy atom. The maximum absolute atomic E-state index is 6.32. The van der Waals surface area contributed by atoms with Crippen molar-refractivity contribution in [3.8, 4) is 0 Å². The molecule has 0 aliphatic heterocycles. The van der Waals surface area contributed by atoms with Crippen molar-refractivity contribution in [1.82, 2.24) is 14.5 Å². The lowest BCUT2D eigenvalue weighted by Gasteiger charge is -2.24. The lowest BCUT2D eigenvalue weighted by molar-refractivity contribution is 0.133. The molecule has 0 fully saturated rings. The maximum atomic E-state index is 6.32. The van der Waals surface area contributed by atoms with Gasteiger partial charge in [0, 0.05) is 12.8 Å². The average Bonchev–Trinajstić information content (AvgIpc) is 2.74. The number of pyridine rings is 1. The van der Waals surface area contributed by atoms with Crippen LogP contribution in [0, 0.1) is 12.8 Å². The smallest absolute Gasteiger partial charge is 0.160 e. The van der Waals surface area contributed by atoms with Gasteiger partial charge in [-0.15, -0.1) is 11.6 Å². The van der Waals surface area contributed by atoms with Crippen molar-refractivity contribution in [3.63, 3.8) is 0 Å². The largest absolute Gasteiger partial charge is 0.383 e. The molecule has 5 heteroatoms. The van der Waals surface area contributed by atoms with E-state index in [2.05, 4.69) is 28.4 Å². The van der Waals surface area contributed by atoms with Crippen LogP contribution >= 0.6 is 11.6 Å². The number of methoxy groups -OCH3 is 1. The lowest BCUT2D eigenvalue weighted by Crippen LogP contribution is -2.23. The second-order valence-corrected chi connectivity index (χ2v) is 6.17. The first-order valence-electron chi connectivity index (χ1n) is 6.94. The van der Waals surface area contributed by atoms with Gasteiger partial charge in [0.1, 0.15) is 11.3 Å². The van der Waals surface area contributed by atoms with Gasteiger partial charge in [-0.3, -0.25) is 0 Å². The summed E-state index contributed by atoms with van der Waals surface area (Å²) in [6, 6.07) is 4.15. The van der Waals surface area contributed by atoms with E-state index in [9.17, 15) is 0 Å². The molecule has 0 saturated carbocycles. The first kappa shape index (κ1) is 15.3. The molecular formula is C15H22ClN3O. The van der Waals surface area contributed by atoms with Gasteiger partial charge in [0.2, 0.25) is 0 Å². The minimum Gasteiger partial charge on any atom is -0.383 e. The summed E-state index contributed by atoms with van der Waals surface area (Å²) in [5, 5.41) is -0.164. The molecule has 0 N–H and O–H groups in total. The number of aryl methyl sites for hydroxylation is 1. The van der Waals surface area contributed by atoms with Crippen molar-refractivity contribution in [1.29, 1.82) is 0 Å². The monoisotopic (exact) mass is 295 g/mol. The Labute approximate surface area is 125 Å². The van der Waals surface area contributed by atoms with Gasteiger partial charge in [-0.05, 0) is 31.9 Å². The Morgan fingerprint density at radius 3 is 2.50 bits per heavy atom. The van der Waals surface area contributed by atoms with E-state index in [4.69, 9.17) is 16.3 Å². The number of hydrogen-bond donors (Lipinski definition) is 0. The van der Waals surface area contributed by atoms with Crippen LogP contribution in [0.4, 0.5) is 0 Å². The standard InChI is InChI=1S/C15H22ClN3O/c1-9(2)13(8-20-5)19-14(11(4)16)18-12-7-6-10(3)17-15(12)19/h6-7,9,11,13H,8H2,1-5H3. The van der Waals surface area contributed by atoms with Crippen LogP contribution in [0.25, 0.3) is 11.2 Å². The summed E-state index contributed by atoms with van der Waals surface area (Å²) in [7, 11) is 1.72. The highest BCUT2D eigenvalue weighted by Gasteiger charge is 2.24. The molecule has 0 aromatic carbocycles. The molecule has 4 nitrogen and oxygen atoms in total. The normalized spacial score (nSPS) is 14.9. The number of imidazole rings is 1. The van der Waals surface area contributed by atoms with E-state index < -0.39 is 0 Å². The second kappa shape index (κ2) is 6.10. The van der Waals surface area contributed by atoms with Gasteiger partial charge >= 0.3 is 0 Å². The fourth-order valence-electron chi connectivity index (χ4n) is 2.43. The third-order valence-electron chi connectivity index (χ3n) is 3.50. The summed E-state index contributed by atoms with van der Waals surface area (Å²) in [6.45, 7) is 8.90. The minimum atomic E-state index is -0.164. The highest BCUT2D eigenvalue weighted by molar-refractivity contribution is 6.20. The first-order chi connectivity index (χ1) is 9.45. The lowest BCUT2D eigenvalue weighted by atomic mass is 10.0. The molecule has 2 heterocycles. The number of alkyl halides is 1. The Balaban J connectivity index is 2.68. The molecule has 2 rings (SSSR count). The Kier molecular flexibility index (Phi) is 4.66. The molecule has 0 bridgehead atoms. The van der Waals surface area contributed by atoms with Gasteiger partial charge in [0.05, 0.1) is 18.0 Å². The van der Waals surface area contributed by atoms with Gasteiger partial charge in [-0.25, -0.2) is 9.97 Å². The summed E-state index contributed by atoms with van der Waals surface area (Å²) < 4.78 is 7.53. The summed E-state index contributed by atoms with van der Waals surface area (Å²) >= 11 is 6.32. The summed E-state index contributed by atoms with van der Waals surface area (Å²) in [6.07, 6.45) is 0. The van der Waals surface area contributed by atoms with Crippen LogP contribution in [0.2, 0.25) is 0 Å². The Morgan fingerprint density at radius 2 is 1.95 bits per heavy atom. The van der Waals surface area contributed by atoms with Crippen LogP contribution in [-0.2, 0) is 4.74 Å². The van der Waals surface area contributed by atoms with E-state index >= 15 is 0 Å². The summed E-state index contributed by atoms with van der Waals surface area (Å²) in [5.41, 5.74) is 2.76. The summed E-state index contributed by atoms with van der Waals surface area (Å²) in [4.78, 5) is 9.30. The zero-order valence-electron chi connectivity index (χ0n) is 12.7. The van der Waals surface area contributed by atoms with Gasteiger partial charge in [-0.2, -0.15) is 0 Å². The quantitative estimate of drug-likeness (QED) is 0.786. The number of nitrogens with zero attached hydrogens (tertiary/aromatic N) is 3. The third kappa shape index (κ3) is 2.81. The number of hydrogen-bond acceptors (Lipinski definition) is 3. The average molecular weight is 296 g/mol. The molecule has 0 saturated heterocycles. The van der Waals surface area contributed by atoms with E-state index in [0.717, 1.165) is 22.7 Å². The number of aromatic nitrogens is 3. The molecule has 0 aliphatic rings. The van der Waals surface area contributed by atoms with Gasteiger partial charge in [0.15, 0.2) is 5.65 Å². The highest BCUT2D eigenvalue weighted by atomic mass is 35.5. The third-order valence-corrected chi connectivity index (χ3v) is 3.69. The molecule has 0 aliphatic carbocycles. The number of halogens is 1. The number of ether oxygens (including phenoxy) is 1. The minimum absolute atomic E-state index is 0.164. The molecule has 0 radical (unpaired) electrons. The van der Waals surface area contributed by atoms with E-state index in [1.807, 2.05) is 26.0 Å². The van der Waals surface area contributed by atoms with Crippen molar-refractivity contribution in [2.24, 2.45) is 5.92 Å². The van der Waals surface area contributed by atoms with E-state index in [1.165, 1.54) is 0 Å². The molecule has 20 heavy (non-hydrogen) atoms. The van der Waals surface area contributed by atoms with Crippen LogP contribution in [0.15, 0.2) is 12.1 Å². The SMILES string of the molecule is COCC(C(C)C)n1c(C(C)Cl)nc2ccc(C)nc21. The van der Waals surface area contributed by atoms with Crippen molar-refractivity contribution in [2.45, 2.75) is 39.1 Å². The van der Waals surface area contributed by atoms with Gasteiger partial charge in [-0.1, -0.05) is 13.8 Å². The molecule has 0 amide bonds. The number of rotatable bonds is 5. The van der Waals surface area contributed by atoms with Crippen LogP contribution < -0.4 is 0 Å². The molecule has 2 unspecified atom stereocenters.